The van der Waals surface area contributed by atoms with E-state index < -0.39 is 29.6 Å². The highest BCUT2D eigenvalue weighted by atomic mass is 16.5. The number of fused-ring (bicyclic) bond motifs is 1. The van der Waals surface area contributed by atoms with Crippen LogP contribution in [0.25, 0.3) is 0 Å². The predicted octanol–water partition coefficient (Wildman–Crippen LogP) is 4.29. The zero-order valence-electron chi connectivity index (χ0n) is 25.7. The van der Waals surface area contributed by atoms with Crippen LogP contribution in [0.2, 0.25) is 0 Å². The lowest BCUT2D eigenvalue weighted by Crippen LogP contribution is -2.58. The molecule has 8 heteroatoms. The molecule has 9 atom stereocenters. The van der Waals surface area contributed by atoms with E-state index in [1.165, 1.54) is 19.3 Å². The fourth-order valence-corrected chi connectivity index (χ4v) is 8.56. The number of likely N-dealkylation sites (tertiary alicyclic amines) is 2. The number of carbonyl (C=O) groups is 3. The summed E-state index contributed by atoms with van der Waals surface area (Å²) in [5.74, 6) is -1.02. The van der Waals surface area contributed by atoms with Crippen molar-refractivity contribution in [3.8, 4) is 0 Å². The summed E-state index contributed by atoms with van der Waals surface area (Å²) >= 11 is 0. The number of benzene rings is 1. The number of rotatable bonds is 8. The fourth-order valence-electron chi connectivity index (χ4n) is 8.56. The molecule has 2 bridgehead atoms. The second-order valence-corrected chi connectivity index (χ2v) is 13.6. The van der Waals surface area contributed by atoms with Gasteiger partial charge in [0, 0.05) is 30.9 Å². The number of anilines is 1. The van der Waals surface area contributed by atoms with Crippen LogP contribution in [0.5, 0.6) is 0 Å². The van der Waals surface area contributed by atoms with Crippen molar-refractivity contribution in [1.29, 1.82) is 0 Å². The molecule has 1 aromatic rings. The molecule has 8 nitrogen and oxygen atoms in total. The summed E-state index contributed by atoms with van der Waals surface area (Å²) in [4.78, 5) is 46.7. The van der Waals surface area contributed by atoms with Crippen LogP contribution in [-0.2, 0) is 19.1 Å². The minimum Gasteiger partial charge on any atom is -0.359 e. The highest BCUT2D eigenvalue weighted by Crippen LogP contribution is 2.55. The molecule has 1 aromatic carbocycles. The Balaban J connectivity index is 1.28. The van der Waals surface area contributed by atoms with Crippen LogP contribution in [0, 0.1) is 30.6 Å². The third-order valence-corrected chi connectivity index (χ3v) is 11.1. The average Bonchev–Trinajstić information content (AvgIpc) is 3.61. The Hall–Kier alpha value is -2.71. The van der Waals surface area contributed by atoms with Gasteiger partial charge in [-0.15, -0.1) is 0 Å². The quantitative estimate of drug-likeness (QED) is 0.451. The van der Waals surface area contributed by atoms with Gasteiger partial charge >= 0.3 is 0 Å². The minimum absolute atomic E-state index is 0.0724. The largest absolute Gasteiger partial charge is 0.359 e. The Kier molecular flexibility index (Phi) is 8.22. The molecule has 6 rings (SSSR count). The predicted molar refractivity (Wildman–Crippen MR) is 163 cm³/mol. The lowest BCUT2D eigenvalue weighted by molar-refractivity contribution is -0.142. The van der Waals surface area contributed by atoms with Gasteiger partial charge in [0.15, 0.2) is 0 Å². The van der Waals surface area contributed by atoms with Gasteiger partial charge in [0.25, 0.3) is 0 Å². The van der Waals surface area contributed by atoms with Gasteiger partial charge in [0.05, 0.1) is 17.9 Å². The van der Waals surface area contributed by atoms with Crippen molar-refractivity contribution in [3.05, 3.63) is 42.0 Å². The van der Waals surface area contributed by atoms with E-state index in [0.717, 1.165) is 44.3 Å². The zero-order chi connectivity index (χ0) is 29.6. The summed E-state index contributed by atoms with van der Waals surface area (Å²) in [6.07, 6.45) is 11.2. The maximum atomic E-state index is 14.4. The van der Waals surface area contributed by atoms with Crippen LogP contribution in [0.3, 0.4) is 0 Å². The summed E-state index contributed by atoms with van der Waals surface area (Å²) in [5.41, 5.74) is 0.617. The number of ether oxygens (including phenoxy) is 1. The fraction of sp³-hybridized carbons (Fsp3) is 0.676. The summed E-state index contributed by atoms with van der Waals surface area (Å²) in [6, 6.07) is 7.46. The van der Waals surface area contributed by atoms with Crippen LogP contribution in [0.4, 0.5) is 5.69 Å². The topological polar surface area (TPSA) is 91.0 Å². The molecule has 4 fully saturated rings. The van der Waals surface area contributed by atoms with E-state index in [4.69, 9.17) is 4.74 Å². The summed E-state index contributed by atoms with van der Waals surface area (Å²) in [7, 11) is 0. The molecule has 4 heterocycles. The molecule has 0 radical (unpaired) electrons. The molecule has 1 saturated carbocycles. The van der Waals surface area contributed by atoms with Crippen molar-refractivity contribution < 1.29 is 19.1 Å². The van der Waals surface area contributed by atoms with Crippen molar-refractivity contribution in [1.82, 2.24) is 15.1 Å². The van der Waals surface area contributed by atoms with Gasteiger partial charge in [0.1, 0.15) is 11.6 Å². The molecule has 1 spiro atoms. The first kappa shape index (κ1) is 29.4. The number of aryl methyl sites for hydroxylation is 1. The molecular weight excluding hydrogens is 528 g/mol. The van der Waals surface area contributed by atoms with E-state index in [9.17, 15) is 14.4 Å². The van der Waals surface area contributed by atoms with Crippen LogP contribution in [-0.4, -0.2) is 77.0 Å². The van der Waals surface area contributed by atoms with Crippen molar-refractivity contribution in [2.45, 2.75) is 102 Å². The summed E-state index contributed by atoms with van der Waals surface area (Å²) < 4.78 is 6.58. The standard InChI is InChI=1S/C34H48N4O4/c1-5-25-13-6-7-17-37(25)18-19-38-30(32(40)36-26-14-9-11-22(3)23(26)4)34-16-15-27(42-34)28(29(34)33(38)41)31(39)35-24-12-8-10-21(2)20-24/h8,10,12,15-16,20,22-23,25-30H,5-7,9,11,13-14,17-19H2,1-4H3,(H,35,39)(H,36,40)/t22-,23+,25-,26-,27+,28-,29+,30+,34+/m1/s1. The Bertz CT molecular complexity index is 1230. The molecule has 42 heavy (non-hydrogen) atoms. The van der Waals surface area contributed by atoms with E-state index in [1.807, 2.05) is 43.3 Å². The van der Waals surface area contributed by atoms with Gasteiger partial charge in [-0.05, 0) is 68.7 Å². The van der Waals surface area contributed by atoms with Crippen molar-refractivity contribution in [3.63, 3.8) is 0 Å². The molecule has 0 aromatic heterocycles. The summed E-state index contributed by atoms with van der Waals surface area (Å²) in [5, 5.41) is 6.41. The van der Waals surface area contributed by atoms with E-state index in [2.05, 4.69) is 36.3 Å². The number of hydrogen-bond acceptors (Lipinski definition) is 5. The van der Waals surface area contributed by atoms with E-state index in [1.54, 1.807) is 4.90 Å². The molecule has 5 aliphatic rings. The normalized spacial score (nSPS) is 37.6. The summed E-state index contributed by atoms with van der Waals surface area (Å²) in [6.45, 7) is 10.9. The molecule has 3 amide bonds. The second-order valence-electron chi connectivity index (χ2n) is 13.6. The minimum atomic E-state index is -1.13. The molecule has 2 N–H and O–H groups in total. The number of amides is 3. The highest BCUT2D eigenvalue weighted by molar-refractivity contribution is 6.02. The highest BCUT2D eigenvalue weighted by Gasteiger charge is 2.72. The monoisotopic (exact) mass is 576 g/mol. The molecule has 228 valence electrons. The third kappa shape index (κ3) is 5.08. The molecule has 1 aliphatic carbocycles. The van der Waals surface area contributed by atoms with Gasteiger partial charge in [-0.3, -0.25) is 19.3 Å². The maximum Gasteiger partial charge on any atom is 0.246 e. The van der Waals surface area contributed by atoms with Gasteiger partial charge in [0.2, 0.25) is 17.7 Å². The van der Waals surface area contributed by atoms with Gasteiger partial charge in [-0.1, -0.05) is 64.3 Å². The van der Waals surface area contributed by atoms with Crippen LogP contribution in [0.1, 0.15) is 71.3 Å². The SMILES string of the molecule is CC[C@@H]1CCCCN1CCN1C(=O)[C@@H]2[C@H](C(=O)Nc3cccc(C)c3)[C@@H]3C=C[C@@]2(O3)[C@@H]1C(=O)N[C@@H]1CCC[C@@H](C)[C@@H]1C. The second kappa shape index (κ2) is 11.8. The van der Waals surface area contributed by atoms with Gasteiger partial charge in [-0.25, -0.2) is 0 Å². The Labute approximate surface area is 250 Å². The maximum absolute atomic E-state index is 14.4. The van der Waals surface area contributed by atoms with Crippen LogP contribution >= 0.6 is 0 Å². The van der Waals surface area contributed by atoms with E-state index >= 15 is 0 Å². The van der Waals surface area contributed by atoms with Crippen molar-refractivity contribution in [2.24, 2.45) is 23.7 Å². The molecular formula is C34H48N4O4. The Morgan fingerprint density at radius 2 is 1.90 bits per heavy atom. The number of nitrogens with one attached hydrogen (secondary N) is 2. The Morgan fingerprint density at radius 1 is 1.07 bits per heavy atom. The van der Waals surface area contributed by atoms with E-state index in [-0.39, 0.29) is 23.8 Å². The van der Waals surface area contributed by atoms with Gasteiger partial charge in [-0.2, -0.15) is 0 Å². The average molecular weight is 577 g/mol. The number of hydrogen-bond donors (Lipinski definition) is 2. The van der Waals surface area contributed by atoms with Gasteiger partial charge < -0.3 is 20.3 Å². The first-order valence-electron chi connectivity index (χ1n) is 16.3. The smallest absolute Gasteiger partial charge is 0.246 e. The number of piperidine rings is 1. The third-order valence-electron chi connectivity index (χ3n) is 11.1. The molecule has 3 saturated heterocycles. The van der Waals surface area contributed by atoms with Crippen LogP contribution in [0.15, 0.2) is 36.4 Å². The van der Waals surface area contributed by atoms with E-state index in [0.29, 0.717) is 30.1 Å². The van der Waals surface area contributed by atoms with Crippen molar-refractivity contribution in [2.75, 3.05) is 25.0 Å². The lowest BCUT2D eigenvalue weighted by Gasteiger charge is -2.39. The lowest BCUT2D eigenvalue weighted by atomic mass is 9.73. The van der Waals surface area contributed by atoms with Crippen molar-refractivity contribution >= 4 is 23.4 Å². The molecule has 4 aliphatic heterocycles. The first-order valence-corrected chi connectivity index (χ1v) is 16.3. The zero-order valence-corrected chi connectivity index (χ0v) is 25.7. The molecule has 0 unspecified atom stereocenters. The number of nitrogens with zero attached hydrogens (tertiary/aromatic N) is 2. The first-order chi connectivity index (χ1) is 20.2. The van der Waals surface area contributed by atoms with Crippen LogP contribution < -0.4 is 10.6 Å². The Morgan fingerprint density at radius 3 is 2.69 bits per heavy atom. The number of carbonyl (C=O) groups excluding carboxylic acids is 3.